The van der Waals surface area contributed by atoms with Crippen LogP contribution in [0.15, 0.2) is 67.0 Å². The molecule has 0 bridgehead atoms. The maximum absolute atomic E-state index is 13.5. The molecule has 4 aromatic rings. The van der Waals surface area contributed by atoms with Crippen molar-refractivity contribution in [2.24, 2.45) is 0 Å². The van der Waals surface area contributed by atoms with Crippen molar-refractivity contribution in [3.8, 4) is 28.9 Å². The van der Waals surface area contributed by atoms with Gasteiger partial charge in [0.1, 0.15) is 25.3 Å². The largest absolute Gasteiger partial charge is 0.493 e. The zero-order chi connectivity index (χ0) is 24.6. The highest BCUT2D eigenvalue weighted by Gasteiger charge is 2.13. The summed E-state index contributed by atoms with van der Waals surface area (Å²) in [4.78, 5) is 20.5. The second kappa shape index (κ2) is 11.0. The number of halogens is 1. The number of methoxy groups -OCH3 is 2. The minimum atomic E-state index is -0.668. The van der Waals surface area contributed by atoms with Crippen LogP contribution in [0.5, 0.6) is 28.9 Å². The van der Waals surface area contributed by atoms with Crippen LogP contribution in [0.2, 0.25) is 0 Å². The van der Waals surface area contributed by atoms with E-state index in [-0.39, 0.29) is 19.0 Å². The number of anilines is 1. The van der Waals surface area contributed by atoms with E-state index in [1.807, 2.05) is 0 Å². The van der Waals surface area contributed by atoms with Gasteiger partial charge in [-0.3, -0.25) is 5.32 Å². The lowest BCUT2D eigenvalue weighted by molar-refractivity contribution is 0.136. The van der Waals surface area contributed by atoms with E-state index in [0.29, 0.717) is 39.7 Å². The molecule has 9 nitrogen and oxygen atoms in total. The molecule has 35 heavy (non-hydrogen) atoms. The van der Waals surface area contributed by atoms with Crippen LogP contribution in [-0.2, 0) is 4.74 Å². The first-order valence-corrected chi connectivity index (χ1v) is 10.5. The van der Waals surface area contributed by atoms with Gasteiger partial charge in [0.2, 0.25) is 5.88 Å². The van der Waals surface area contributed by atoms with E-state index in [1.54, 1.807) is 62.8 Å². The van der Waals surface area contributed by atoms with Crippen molar-refractivity contribution < 1.29 is 32.9 Å². The summed E-state index contributed by atoms with van der Waals surface area (Å²) in [6, 6.07) is 16.1. The van der Waals surface area contributed by atoms with Crippen LogP contribution in [-0.4, -0.2) is 43.5 Å². The van der Waals surface area contributed by atoms with Gasteiger partial charge in [0.15, 0.2) is 23.1 Å². The molecule has 180 valence electrons. The van der Waals surface area contributed by atoms with Gasteiger partial charge in [-0.15, -0.1) is 0 Å². The average Bonchev–Trinajstić information content (AvgIpc) is 2.88. The molecule has 0 radical (unpaired) electrons. The lowest BCUT2D eigenvalue weighted by Crippen LogP contribution is -2.17. The second-order valence-corrected chi connectivity index (χ2v) is 7.07. The number of carbonyl (C=O) groups excluding carboxylic acids is 1. The van der Waals surface area contributed by atoms with Crippen molar-refractivity contribution in [2.45, 2.75) is 0 Å². The normalized spacial score (nSPS) is 10.5. The summed E-state index contributed by atoms with van der Waals surface area (Å²) in [6.07, 6.45) is 0.726. The van der Waals surface area contributed by atoms with Crippen molar-refractivity contribution in [3.05, 3.63) is 72.8 Å². The van der Waals surface area contributed by atoms with Gasteiger partial charge in [-0.2, -0.15) is 0 Å². The minimum absolute atomic E-state index is 0.0185. The zero-order valence-electron chi connectivity index (χ0n) is 19.0. The SMILES string of the molecule is COc1cc2ncnc(Oc3ccc(NC(=O)OCCOc4ccccc4F)cc3)c2cc1OC. The van der Waals surface area contributed by atoms with Crippen LogP contribution in [0.25, 0.3) is 10.9 Å². The van der Waals surface area contributed by atoms with Gasteiger partial charge >= 0.3 is 6.09 Å². The van der Waals surface area contributed by atoms with E-state index in [4.69, 9.17) is 23.7 Å². The zero-order valence-corrected chi connectivity index (χ0v) is 19.0. The molecule has 1 N–H and O–H groups in total. The number of hydrogen-bond donors (Lipinski definition) is 1. The number of carbonyl (C=O) groups is 1. The van der Waals surface area contributed by atoms with Gasteiger partial charge in [-0.1, -0.05) is 12.1 Å². The quantitative estimate of drug-likeness (QED) is 0.327. The van der Waals surface area contributed by atoms with Crippen LogP contribution in [0.1, 0.15) is 0 Å². The molecule has 1 amide bonds. The summed E-state index contributed by atoms with van der Waals surface area (Å²) in [5.74, 6) is 1.53. The number of nitrogens with zero attached hydrogens (tertiary/aromatic N) is 2. The Morgan fingerprint density at radius 3 is 2.40 bits per heavy atom. The molecule has 0 saturated carbocycles. The third-order valence-corrected chi connectivity index (χ3v) is 4.83. The molecular weight excluding hydrogens is 457 g/mol. The van der Waals surface area contributed by atoms with E-state index in [2.05, 4.69) is 15.3 Å². The number of benzene rings is 3. The Morgan fingerprint density at radius 1 is 0.914 bits per heavy atom. The first-order chi connectivity index (χ1) is 17.1. The maximum Gasteiger partial charge on any atom is 0.411 e. The van der Waals surface area contributed by atoms with Crippen LogP contribution in [0.3, 0.4) is 0 Å². The fourth-order valence-electron chi connectivity index (χ4n) is 3.16. The molecule has 0 aliphatic carbocycles. The van der Waals surface area contributed by atoms with E-state index in [9.17, 15) is 9.18 Å². The predicted octanol–water partition coefficient (Wildman–Crippen LogP) is 5.21. The third kappa shape index (κ3) is 5.85. The minimum Gasteiger partial charge on any atom is -0.493 e. The molecule has 0 saturated heterocycles. The van der Waals surface area contributed by atoms with Crippen molar-refractivity contribution >= 4 is 22.7 Å². The number of aromatic nitrogens is 2. The average molecular weight is 479 g/mol. The summed E-state index contributed by atoms with van der Waals surface area (Å²) in [5.41, 5.74) is 1.13. The highest BCUT2D eigenvalue weighted by Crippen LogP contribution is 2.35. The Labute approximate surface area is 200 Å². The number of nitrogens with one attached hydrogen (secondary N) is 1. The molecule has 3 aromatic carbocycles. The molecule has 1 heterocycles. The van der Waals surface area contributed by atoms with Crippen LogP contribution < -0.4 is 24.3 Å². The van der Waals surface area contributed by atoms with Gasteiger partial charge in [0, 0.05) is 11.8 Å². The van der Waals surface area contributed by atoms with Crippen molar-refractivity contribution in [1.82, 2.24) is 9.97 Å². The first-order valence-electron chi connectivity index (χ1n) is 10.5. The summed E-state index contributed by atoms with van der Waals surface area (Å²) < 4.78 is 40.4. The molecule has 0 unspecified atom stereocenters. The van der Waals surface area contributed by atoms with E-state index < -0.39 is 11.9 Å². The van der Waals surface area contributed by atoms with Crippen molar-refractivity contribution in [3.63, 3.8) is 0 Å². The Morgan fingerprint density at radius 2 is 1.66 bits per heavy atom. The molecule has 4 rings (SSSR count). The van der Waals surface area contributed by atoms with Crippen LogP contribution in [0, 0.1) is 5.82 Å². The molecule has 0 atom stereocenters. The molecule has 0 aliphatic rings. The Hall–Kier alpha value is -4.60. The highest BCUT2D eigenvalue weighted by molar-refractivity contribution is 5.87. The van der Waals surface area contributed by atoms with E-state index in [1.165, 1.54) is 18.5 Å². The summed E-state index contributed by atoms with van der Waals surface area (Å²) in [6.45, 7) is -0.0267. The molecule has 1 aromatic heterocycles. The monoisotopic (exact) mass is 479 g/mol. The standard InChI is InChI=1S/C25H22FN3O6/c1-31-22-13-18-20(14-23(22)32-2)27-15-28-24(18)35-17-9-7-16(8-10-17)29-25(30)34-12-11-33-21-6-4-3-5-19(21)26/h3-10,13-15H,11-12H2,1-2H3,(H,29,30). The van der Waals surface area contributed by atoms with Gasteiger partial charge in [0.25, 0.3) is 0 Å². The number of hydrogen-bond acceptors (Lipinski definition) is 8. The molecular formula is C25H22FN3O6. The van der Waals surface area contributed by atoms with Gasteiger partial charge < -0.3 is 23.7 Å². The van der Waals surface area contributed by atoms with E-state index >= 15 is 0 Å². The maximum atomic E-state index is 13.5. The second-order valence-electron chi connectivity index (χ2n) is 7.07. The number of ether oxygens (including phenoxy) is 5. The number of rotatable bonds is 9. The van der Waals surface area contributed by atoms with Crippen molar-refractivity contribution in [1.29, 1.82) is 0 Å². The summed E-state index contributed by atoms with van der Waals surface area (Å²) in [7, 11) is 3.09. The van der Waals surface area contributed by atoms with Crippen molar-refractivity contribution in [2.75, 3.05) is 32.8 Å². The number of para-hydroxylation sites is 1. The molecule has 10 heteroatoms. The number of fused-ring (bicyclic) bond motifs is 1. The molecule has 0 spiro atoms. The first kappa shape index (κ1) is 23.6. The number of amides is 1. The predicted molar refractivity (Wildman–Crippen MR) is 126 cm³/mol. The lowest BCUT2D eigenvalue weighted by atomic mass is 10.2. The highest BCUT2D eigenvalue weighted by atomic mass is 19.1. The lowest BCUT2D eigenvalue weighted by Gasteiger charge is -2.12. The topological polar surface area (TPSA) is 101 Å². The van der Waals surface area contributed by atoms with E-state index in [0.717, 1.165) is 0 Å². The summed E-state index contributed by atoms with van der Waals surface area (Å²) in [5, 5.41) is 3.24. The van der Waals surface area contributed by atoms with Crippen LogP contribution in [0.4, 0.5) is 14.9 Å². The molecule has 0 aliphatic heterocycles. The Balaban J connectivity index is 1.33. The van der Waals surface area contributed by atoms with Gasteiger partial charge in [0.05, 0.1) is 25.1 Å². The van der Waals surface area contributed by atoms with Gasteiger partial charge in [-0.05, 0) is 42.5 Å². The molecule has 0 fully saturated rings. The smallest absolute Gasteiger partial charge is 0.411 e. The van der Waals surface area contributed by atoms with Crippen LogP contribution >= 0.6 is 0 Å². The summed E-state index contributed by atoms with van der Waals surface area (Å²) >= 11 is 0. The van der Waals surface area contributed by atoms with Gasteiger partial charge in [-0.25, -0.2) is 19.2 Å². The fraction of sp³-hybridized carbons (Fsp3) is 0.160. The Kier molecular flexibility index (Phi) is 7.41. The Bertz CT molecular complexity index is 1320. The fourth-order valence-corrected chi connectivity index (χ4v) is 3.16. The third-order valence-electron chi connectivity index (χ3n) is 4.83.